The lowest BCUT2D eigenvalue weighted by molar-refractivity contribution is -0.290. The van der Waals surface area contributed by atoms with E-state index in [4.69, 9.17) is 23.4 Å². The van der Waals surface area contributed by atoms with Gasteiger partial charge in [-0.05, 0) is 12.1 Å². The highest BCUT2D eigenvalue weighted by atomic mass is 16.7. The predicted octanol–water partition coefficient (Wildman–Crippen LogP) is -2.37. The van der Waals surface area contributed by atoms with Crippen molar-refractivity contribution in [2.75, 3.05) is 13.2 Å². The topological polar surface area (TPSA) is 290 Å². The molecule has 0 spiro atoms. The second-order valence-electron chi connectivity index (χ2n) is 9.96. The minimum Gasteiger partial charge on any atom is -0.508 e. The maximum atomic E-state index is 13.6. The number of aliphatic hydroxyl groups excluding tert-OH is 6. The highest BCUT2D eigenvalue weighted by Crippen LogP contribution is 2.43. The van der Waals surface area contributed by atoms with E-state index in [0.29, 0.717) is 0 Å². The molecule has 3 aromatic rings. The first-order valence-electron chi connectivity index (χ1n) is 12.7. The van der Waals surface area contributed by atoms with E-state index in [9.17, 15) is 61.0 Å². The van der Waals surface area contributed by atoms with Crippen LogP contribution in [0.5, 0.6) is 34.5 Å². The number of hydrogen-bond acceptors (Lipinski definition) is 17. The first-order valence-corrected chi connectivity index (χ1v) is 12.7. The molecule has 0 unspecified atom stereocenters. The van der Waals surface area contributed by atoms with Crippen LogP contribution in [0.15, 0.2) is 33.5 Å². The van der Waals surface area contributed by atoms with E-state index in [0.717, 1.165) is 24.3 Å². The van der Waals surface area contributed by atoms with Crippen LogP contribution in [-0.2, 0) is 14.2 Å². The quantitative estimate of drug-likeness (QED) is 0.124. The summed E-state index contributed by atoms with van der Waals surface area (Å²) in [4.78, 5) is 13.6. The molecule has 0 bridgehead atoms. The molecule has 2 fully saturated rings. The molecule has 0 amide bonds. The number of phenolic OH excluding ortho intramolecular Hbond substituents is 5. The number of ether oxygens (including phenoxy) is 4. The number of benzene rings is 2. The summed E-state index contributed by atoms with van der Waals surface area (Å²) < 4.78 is 27.4. The molecule has 2 aliphatic heterocycles. The fourth-order valence-electron chi connectivity index (χ4n) is 4.76. The smallest absolute Gasteiger partial charge is 0.239 e. The first kappa shape index (κ1) is 30.5. The number of hydrogen-bond donors (Lipinski definition) is 11. The van der Waals surface area contributed by atoms with Gasteiger partial charge in [0.15, 0.2) is 29.3 Å². The van der Waals surface area contributed by atoms with Gasteiger partial charge in [0, 0.05) is 17.7 Å². The Kier molecular flexibility index (Phi) is 8.27. The van der Waals surface area contributed by atoms with Crippen LogP contribution in [0.1, 0.15) is 0 Å². The zero-order chi connectivity index (χ0) is 31.3. The maximum Gasteiger partial charge on any atom is 0.239 e. The van der Waals surface area contributed by atoms with Crippen molar-refractivity contribution < 1.29 is 79.5 Å². The number of aliphatic hydroxyl groups is 6. The number of phenols is 5. The van der Waals surface area contributed by atoms with Crippen LogP contribution in [0.4, 0.5) is 0 Å². The van der Waals surface area contributed by atoms with Gasteiger partial charge in [0.2, 0.25) is 17.5 Å². The Labute approximate surface area is 239 Å². The third-order valence-electron chi connectivity index (χ3n) is 7.08. The maximum absolute atomic E-state index is 13.6. The van der Waals surface area contributed by atoms with Crippen LogP contribution in [-0.4, -0.2) is 125 Å². The van der Waals surface area contributed by atoms with E-state index in [-0.39, 0.29) is 11.1 Å². The Balaban J connectivity index is 1.50. The first-order chi connectivity index (χ1) is 20.3. The SMILES string of the molecule is O=c1c(O[C@@H]2O[C@H](CO[C@@H]3O[C@H](CO)[C@@H](O)[C@H]3O)[C@H](O)[C@H](O)[C@H]2O)c(-c2cc(O)c(O)c(O)c2)oc2cc(O)cc(O)c12. The van der Waals surface area contributed by atoms with E-state index in [1.165, 1.54) is 0 Å². The summed E-state index contributed by atoms with van der Waals surface area (Å²) >= 11 is 0. The number of aromatic hydroxyl groups is 5. The molecule has 5 rings (SSSR count). The van der Waals surface area contributed by atoms with Gasteiger partial charge in [-0.3, -0.25) is 4.79 Å². The molecule has 43 heavy (non-hydrogen) atoms. The minimum atomic E-state index is -2.02. The van der Waals surface area contributed by atoms with Crippen LogP contribution in [0.2, 0.25) is 0 Å². The van der Waals surface area contributed by atoms with Crippen molar-refractivity contribution >= 4 is 11.0 Å². The lowest BCUT2D eigenvalue weighted by Crippen LogP contribution is -2.60. The fraction of sp³-hybridized carbons (Fsp3) is 0.423. The fourth-order valence-corrected chi connectivity index (χ4v) is 4.76. The van der Waals surface area contributed by atoms with Crippen molar-refractivity contribution in [3.8, 4) is 45.8 Å². The summed E-state index contributed by atoms with van der Waals surface area (Å²) in [5, 5.41) is 110. The molecule has 2 saturated heterocycles. The summed E-state index contributed by atoms with van der Waals surface area (Å²) in [5.41, 5.74) is -1.74. The molecule has 2 aliphatic rings. The molecule has 9 atom stereocenters. The predicted molar refractivity (Wildman–Crippen MR) is 137 cm³/mol. The van der Waals surface area contributed by atoms with Crippen LogP contribution in [0.25, 0.3) is 22.3 Å². The Morgan fingerprint density at radius 3 is 1.95 bits per heavy atom. The Morgan fingerprint density at radius 1 is 0.721 bits per heavy atom. The average Bonchev–Trinajstić information content (AvgIpc) is 3.23. The van der Waals surface area contributed by atoms with E-state index in [1.54, 1.807) is 0 Å². The van der Waals surface area contributed by atoms with Gasteiger partial charge in [-0.2, -0.15) is 0 Å². The van der Waals surface area contributed by atoms with Crippen LogP contribution < -0.4 is 10.2 Å². The van der Waals surface area contributed by atoms with Gasteiger partial charge in [0.25, 0.3) is 0 Å². The van der Waals surface area contributed by atoms with E-state index in [2.05, 4.69) is 0 Å². The monoisotopic (exact) mass is 612 g/mol. The van der Waals surface area contributed by atoms with Gasteiger partial charge >= 0.3 is 0 Å². The third kappa shape index (κ3) is 5.49. The number of rotatable bonds is 7. The normalized spacial score (nSPS) is 31.0. The molecule has 0 saturated carbocycles. The van der Waals surface area contributed by atoms with Gasteiger partial charge in [0.1, 0.15) is 65.2 Å². The summed E-state index contributed by atoms with van der Waals surface area (Å²) in [6.45, 7) is -1.26. The van der Waals surface area contributed by atoms with Crippen molar-refractivity contribution in [2.45, 2.75) is 55.3 Å². The molecule has 0 aliphatic carbocycles. The highest BCUT2D eigenvalue weighted by Gasteiger charge is 2.48. The van der Waals surface area contributed by atoms with Gasteiger partial charge in [-0.15, -0.1) is 0 Å². The summed E-state index contributed by atoms with van der Waals surface area (Å²) in [5.74, 6) is -5.15. The van der Waals surface area contributed by atoms with Crippen LogP contribution in [0, 0.1) is 0 Å². The zero-order valence-electron chi connectivity index (χ0n) is 21.8. The van der Waals surface area contributed by atoms with Crippen molar-refractivity contribution in [3.63, 3.8) is 0 Å². The van der Waals surface area contributed by atoms with Gasteiger partial charge in [-0.25, -0.2) is 0 Å². The lowest BCUT2D eigenvalue weighted by atomic mass is 9.99. The zero-order valence-corrected chi connectivity index (χ0v) is 21.8. The van der Waals surface area contributed by atoms with Gasteiger partial charge in [-0.1, -0.05) is 0 Å². The molecule has 17 nitrogen and oxygen atoms in total. The van der Waals surface area contributed by atoms with Crippen LogP contribution in [0.3, 0.4) is 0 Å². The average molecular weight is 612 g/mol. The molecule has 1 aromatic heterocycles. The molecule has 234 valence electrons. The second-order valence-corrected chi connectivity index (χ2v) is 9.96. The second kappa shape index (κ2) is 11.6. The minimum absolute atomic E-state index is 0.264. The van der Waals surface area contributed by atoms with E-state index < -0.39 is 120 Å². The molecule has 3 heterocycles. The molecular formula is C26H28O17. The Bertz CT molecular complexity index is 1530. The summed E-state index contributed by atoms with van der Waals surface area (Å²) in [6, 6.07) is 3.56. The number of fused-ring (bicyclic) bond motifs is 1. The molecule has 11 N–H and O–H groups in total. The van der Waals surface area contributed by atoms with Crippen molar-refractivity contribution in [3.05, 3.63) is 34.5 Å². The summed E-state index contributed by atoms with van der Waals surface area (Å²) in [7, 11) is 0. The molecule has 17 heteroatoms. The van der Waals surface area contributed by atoms with E-state index in [1.807, 2.05) is 0 Å². The molecule has 0 radical (unpaired) electrons. The molecular weight excluding hydrogens is 584 g/mol. The van der Waals surface area contributed by atoms with Crippen molar-refractivity contribution in [1.82, 2.24) is 0 Å². The van der Waals surface area contributed by atoms with Gasteiger partial charge < -0.3 is 79.5 Å². The summed E-state index contributed by atoms with van der Waals surface area (Å²) in [6.07, 6.45) is -14.9. The highest BCUT2D eigenvalue weighted by molar-refractivity contribution is 5.88. The van der Waals surface area contributed by atoms with Crippen molar-refractivity contribution in [1.29, 1.82) is 0 Å². The largest absolute Gasteiger partial charge is 0.508 e. The molecule has 2 aromatic carbocycles. The standard InChI is InChI=1S/C26H28O17/c27-5-13-17(33)21(37)25(41-13)39-6-14-18(34)20(36)22(38)26(42-14)43-24-19(35)15-9(29)3-8(28)4-12(15)40-23(24)7-1-10(30)16(32)11(31)2-7/h1-4,13-14,17-18,20-22,25-34,36-38H,5-6H2/t13-,14-,17-,18+,20+,21-,22-,25-,26+/m1/s1. The van der Waals surface area contributed by atoms with Crippen molar-refractivity contribution in [2.24, 2.45) is 0 Å². The Morgan fingerprint density at radius 2 is 1.33 bits per heavy atom. The third-order valence-corrected chi connectivity index (χ3v) is 7.08. The lowest BCUT2D eigenvalue weighted by Gasteiger charge is -2.40. The Hall–Kier alpha value is -3.91. The van der Waals surface area contributed by atoms with Crippen LogP contribution >= 0.6 is 0 Å². The van der Waals surface area contributed by atoms with Gasteiger partial charge in [0.05, 0.1) is 13.2 Å². The van der Waals surface area contributed by atoms with E-state index >= 15 is 0 Å².